The van der Waals surface area contributed by atoms with Crippen LogP contribution in [0.3, 0.4) is 0 Å². The molecule has 0 spiro atoms. The Morgan fingerprint density at radius 1 is 1.33 bits per heavy atom. The van der Waals surface area contributed by atoms with Gasteiger partial charge < -0.3 is 10.3 Å². The largest absolute Gasteiger partial charge is 0.321 e. The summed E-state index contributed by atoms with van der Waals surface area (Å²) in [5.41, 5.74) is 9.75. The monoisotopic (exact) mass is 288 g/mol. The Morgan fingerprint density at radius 3 is 2.95 bits per heavy atom. The molecule has 0 radical (unpaired) electrons. The lowest BCUT2D eigenvalue weighted by molar-refractivity contribution is 0.175. The van der Waals surface area contributed by atoms with Crippen LogP contribution >= 0.6 is 0 Å². The molecule has 3 heterocycles. The summed E-state index contributed by atoms with van der Waals surface area (Å²) >= 11 is 0. The molecular formula is C15H24N6. The predicted molar refractivity (Wildman–Crippen MR) is 82.9 cm³/mol. The second kappa shape index (κ2) is 4.73. The highest BCUT2D eigenvalue weighted by Crippen LogP contribution is 2.45. The van der Waals surface area contributed by atoms with Gasteiger partial charge in [0.25, 0.3) is 0 Å². The van der Waals surface area contributed by atoms with E-state index in [1.165, 1.54) is 25.7 Å². The number of anilines is 1. The quantitative estimate of drug-likeness (QED) is 0.868. The van der Waals surface area contributed by atoms with Crippen LogP contribution in [0.5, 0.6) is 0 Å². The van der Waals surface area contributed by atoms with Crippen molar-refractivity contribution in [3.05, 3.63) is 12.5 Å². The molecule has 114 valence electrons. The molecule has 1 aliphatic carbocycles. The first-order valence-corrected chi connectivity index (χ1v) is 8.08. The maximum absolute atomic E-state index is 6.38. The van der Waals surface area contributed by atoms with E-state index < -0.39 is 0 Å². The molecule has 4 unspecified atom stereocenters. The number of fused-ring (bicyclic) bond motifs is 6. The van der Waals surface area contributed by atoms with Gasteiger partial charge in [0.15, 0.2) is 0 Å². The van der Waals surface area contributed by atoms with Crippen LogP contribution < -0.4 is 16.1 Å². The van der Waals surface area contributed by atoms with E-state index in [0.29, 0.717) is 17.9 Å². The van der Waals surface area contributed by atoms with Crippen LogP contribution in [0.15, 0.2) is 17.6 Å². The average Bonchev–Trinajstić information content (AvgIpc) is 3.13. The van der Waals surface area contributed by atoms with E-state index in [9.17, 15) is 0 Å². The molecule has 2 aliphatic heterocycles. The summed E-state index contributed by atoms with van der Waals surface area (Å²) in [5.74, 6) is 3.05. The number of hydrogen-bond donors (Lipinski definition) is 2. The van der Waals surface area contributed by atoms with Gasteiger partial charge in [0.1, 0.15) is 17.8 Å². The van der Waals surface area contributed by atoms with E-state index in [-0.39, 0.29) is 12.2 Å². The SMILES string of the molecule is CC(C)C(N)C1=NNC2C3CCCCC3n3cncc3N12. The Hall–Kier alpha value is -1.56. The number of hydrogen-bond acceptors (Lipinski definition) is 5. The third-order valence-corrected chi connectivity index (χ3v) is 5.29. The maximum Gasteiger partial charge on any atom is 0.149 e. The third-order valence-electron chi connectivity index (χ3n) is 5.29. The van der Waals surface area contributed by atoms with Crippen molar-refractivity contribution < 1.29 is 0 Å². The van der Waals surface area contributed by atoms with Crippen molar-refractivity contribution in [3.63, 3.8) is 0 Å². The van der Waals surface area contributed by atoms with Gasteiger partial charge in [0.05, 0.1) is 18.6 Å². The van der Waals surface area contributed by atoms with E-state index in [1.54, 1.807) is 0 Å². The fourth-order valence-corrected chi connectivity index (χ4v) is 4.06. The average molecular weight is 288 g/mol. The second-order valence-electron chi connectivity index (χ2n) is 6.86. The first-order chi connectivity index (χ1) is 10.2. The molecular weight excluding hydrogens is 264 g/mol. The van der Waals surface area contributed by atoms with Crippen LogP contribution in [-0.2, 0) is 0 Å². The summed E-state index contributed by atoms with van der Waals surface area (Å²) in [6, 6.07) is 0.501. The van der Waals surface area contributed by atoms with Gasteiger partial charge in [-0.2, -0.15) is 5.10 Å². The van der Waals surface area contributed by atoms with Crippen molar-refractivity contribution in [2.75, 3.05) is 4.90 Å². The zero-order valence-electron chi connectivity index (χ0n) is 12.7. The van der Waals surface area contributed by atoms with Gasteiger partial charge in [-0.15, -0.1) is 0 Å². The molecule has 0 amide bonds. The van der Waals surface area contributed by atoms with Crippen LogP contribution in [0.2, 0.25) is 0 Å². The Kier molecular flexibility index (Phi) is 2.96. The van der Waals surface area contributed by atoms with Gasteiger partial charge in [-0.25, -0.2) is 4.98 Å². The fraction of sp³-hybridized carbons (Fsp3) is 0.733. The molecule has 1 fully saturated rings. The molecule has 1 aromatic rings. The number of nitrogens with two attached hydrogens (primary N) is 1. The minimum atomic E-state index is -0.0500. The first kappa shape index (κ1) is 13.1. The number of nitrogens with one attached hydrogen (secondary N) is 1. The molecule has 1 aromatic heterocycles. The molecule has 6 heteroatoms. The second-order valence-corrected chi connectivity index (χ2v) is 6.86. The molecule has 21 heavy (non-hydrogen) atoms. The summed E-state index contributed by atoms with van der Waals surface area (Å²) in [5, 5.41) is 4.60. The lowest BCUT2D eigenvalue weighted by Gasteiger charge is -2.46. The van der Waals surface area contributed by atoms with Crippen LogP contribution in [0.1, 0.15) is 45.6 Å². The normalized spacial score (nSPS) is 32.1. The Bertz CT molecular complexity index is 562. The molecule has 4 atom stereocenters. The van der Waals surface area contributed by atoms with Crippen LogP contribution in [0, 0.1) is 11.8 Å². The minimum Gasteiger partial charge on any atom is -0.321 e. The minimum absolute atomic E-state index is 0.0500. The number of amidine groups is 1. The predicted octanol–water partition coefficient (Wildman–Crippen LogP) is 1.66. The summed E-state index contributed by atoms with van der Waals surface area (Å²) in [4.78, 5) is 6.69. The maximum atomic E-state index is 6.38. The van der Waals surface area contributed by atoms with Crippen molar-refractivity contribution in [2.45, 2.75) is 57.8 Å². The highest BCUT2D eigenvalue weighted by atomic mass is 15.6. The van der Waals surface area contributed by atoms with Crippen molar-refractivity contribution in [3.8, 4) is 0 Å². The van der Waals surface area contributed by atoms with Gasteiger partial charge >= 0.3 is 0 Å². The molecule has 0 saturated heterocycles. The zero-order chi connectivity index (χ0) is 14.6. The molecule has 3 N–H and O–H groups in total. The highest BCUT2D eigenvalue weighted by Gasteiger charge is 2.47. The van der Waals surface area contributed by atoms with Crippen LogP contribution in [-0.4, -0.2) is 27.6 Å². The lowest BCUT2D eigenvalue weighted by Crippen LogP contribution is -2.57. The summed E-state index contributed by atoms with van der Waals surface area (Å²) in [7, 11) is 0. The fourth-order valence-electron chi connectivity index (χ4n) is 4.06. The van der Waals surface area contributed by atoms with Crippen LogP contribution in [0.4, 0.5) is 5.82 Å². The topological polar surface area (TPSA) is 71.5 Å². The first-order valence-electron chi connectivity index (χ1n) is 8.08. The summed E-state index contributed by atoms with van der Waals surface area (Å²) in [6.45, 7) is 4.29. The molecule has 0 bridgehead atoms. The number of aromatic nitrogens is 2. The standard InChI is InChI=1S/C15H24N6/c1-9(2)13(16)15-19-18-14-10-5-3-4-6-11(10)20-8-17-7-12(20)21(14)15/h7-11,13-14,18H,3-6,16H2,1-2H3. The lowest BCUT2D eigenvalue weighted by atomic mass is 9.80. The highest BCUT2D eigenvalue weighted by molar-refractivity contribution is 6.02. The van der Waals surface area contributed by atoms with E-state index in [2.05, 4.69) is 38.8 Å². The van der Waals surface area contributed by atoms with E-state index >= 15 is 0 Å². The van der Waals surface area contributed by atoms with Crippen molar-refractivity contribution >= 4 is 11.7 Å². The van der Waals surface area contributed by atoms with Gasteiger partial charge in [0.2, 0.25) is 0 Å². The van der Waals surface area contributed by atoms with Crippen molar-refractivity contribution in [2.24, 2.45) is 22.7 Å². The zero-order valence-corrected chi connectivity index (χ0v) is 12.7. The Morgan fingerprint density at radius 2 is 2.14 bits per heavy atom. The van der Waals surface area contributed by atoms with Crippen LogP contribution in [0.25, 0.3) is 0 Å². The van der Waals surface area contributed by atoms with Crippen molar-refractivity contribution in [1.29, 1.82) is 0 Å². The van der Waals surface area contributed by atoms with Crippen molar-refractivity contribution in [1.82, 2.24) is 15.0 Å². The Balaban J connectivity index is 1.75. The molecule has 6 nitrogen and oxygen atoms in total. The van der Waals surface area contributed by atoms with Gasteiger partial charge in [-0.05, 0) is 18.8 Å². The third kappa shape index (κ3) is 1.81. The number of imidazole rings is 1. The van der Waals surface area contributed by atoms with E-state index in [1.807, 2.05) is 12.5 Å². The summed E-state index contributed by atoms with van der Waals surface area (Å²) < 4.78 is 2.34. The molecule has 0 aromatic carbocycles. The number of nitrogens with zero attached hydrogens (tertiary/aromatic N) is 4. The van der Waals surface area contributed by atoms with E-state index in [4.69, 9.17) is 5.73 Å². The molecule has 1 saturated carbocycles. The molecule has 4 rings (SSSR count). The van der Waals surface area contributed by atoms with E-state index in [0.717, 1.165) is 11.7 Å². The summed E-state index contributed by atoms with van der Waals surface area (Å²) in [6.07, 6.45) is 9.29. The molecule has 3 aliphatic rings. The number of hydrazone groups is 1. The number of rotatable bonds is 2. The smallest absolute Gasteiger partial charge is 0.149 e. The van der Waals surface area contributed by atoms with Gasteiger partial charge in [-0.1, -0.05) is 26.7 Å². The Labute approximate surface area is 125 Å². The van der Waals surface area contributed by atoms with Gasteiger partial charge in [0, 0.05) is 12.0 Å². The van der Waals surface area contributed by atoms with Gasteiger partial charge in [-0.3, -0.25) is 10.3 Å².